The molecule has 3 heterocycles. The van der Waals surface area contributed by atoms with Crippen molar-refractivity contribution < 1.29 is 4.42 Å². The van der Waals surface area contributed by atoms with E-state index in [4.69, 9.17) is 4.42 Å². The van der Waals surface area contributed by atoms with Crippen LogP contribution in [0.25, 0.3) is 27.9 Å². The molecule has 6 nitrogen and oxygen atoms in total. The summed E-state index contributed by atoms with van der Waals surface area (Å²) in [6.45, 7) is 11.3. The first-order valence-electron chi connectivity index (χ1n) is 10.1. The Morgan fingerprint density at radius 3 is 2.62 bits per heavy atom. The summed E-state index contributed by atoms with van der Waals surface area (Å²) in [6, 6.07) is 7.97. The molecule has 0 fully saturated rings. The van der Waals surface area contributed by atoms with Crippen LogP contribution in [0.5, 0.6) is 0 Å². The second-order valence-corrected chi connectivity index (χ2v) is 7.42. The summed E-state index contributed by atoms with van der Waals surface area (Å²) in [5.74, 6) is 0. The maximum atomic E-state index is 12.7. The van der Waals surface area contributed by atoms with Crippen LogP contribution >= 0.6 is 0 Å². The van der Waals surface area contributed by atoms with E-state index in [2.05, 4.69) is 34.8 Å². The number of aromatic nitrogens is 3. The summed E-state index contributed by atoms with van der Waals surface area (Å²) in [5, 5.41) is 0.897. The third-order valence-corrected chi connectivity index (χ3v) is 5.41. The number of imidazole rings is 1. The fourth-order valence-electron chi connectivity index (χ4n) is 3.75. The van der Waals surface area contributed by atoms with Gasteiger partial charge in [-0.3, -0.25) is 4.98 Å². The monoisotopic (exact) mass is 390 g/mol. The average Bonchev–Trinajstić information content (AvgIpc) is 3.12. The van der Waals surface area contributed by atoms with E-state index in [1.807, 2.05) is 48.8 Å². The lowest BCUT2D eigenvalue weighted by molar-refractivity contribution is 0.308. The fraction of sp³-hybridized carbons (Fsp3) is 0.348. The van der Waals surface area contributed by atoms with Crippen molar-refractivity contribution in [2.75, 3.05) is 19.6 Å². The Morgan fingerprint density at radius 2 is 1.86 bits per heavy atom. The number of fused-ring (bicyclic) bond motifs is 2. The molecular weight excluding hydrogens is 364 g/mol. The molecule has 6 heteroatoms. The Hall–Kier alpha value is -2.99. The fourth-order valence-corrected chi connectivity index (χ4v) is 3.75. The van der Waals surface area contributed by atoms with Crippen LogP contribution in [-0.4, -0.2) is 38.9 Å². The lowest BCUT2D eigenvalue weighted by atomic mass is 10.1. The van der Waals surface area contributed by atoms with Crippen molar-refractivity contribution in [1.29, 1.82) is 0 Å². The number of hydrogen-bond acceptors (Lipinski definition) is 5. The van der Waals surface area contributed by atoms with E-state index in [0.29, 0.717) is 16.8 Å². The second-order valence-electron chi connectivity index (χ2n) is 7.42. The van der Waals surface area contributed by atoms with Crippen LogP contribution in [0, 0.1) is 13.8 Å². The quantitative estimate of drug-likeness (QED) is 0.466. The molecule has 0 amide bonds. The van der Waals surface area contributed by atoms with Gasteiger partial charge in [0.1, 0.15) is 5.58 Å². The molecule has 0 unspecified atom stereocenters. The van der Waals surface area contributed by atoms with Crippen LogP contribution in [0.15, 0.2) is 45.9 Å². The van der Waals surface area contributed by atoms with Crippen molar-refractivity contribution in [2.24, 2.45) is 0 Å². The molecule has 0 aliphatic rings. The number of rotatable bonds is 6. The van der Waals surface area contributed by atoms with Crippen LogP contribution in [0.4, 0.5) is 0 Å². The predicted molar refractivity (Wildman–Crippen MR) is 115 cm³/mol. The first-order chi connectivity index (χ1) is 14.0. The molecule has 0 saturated carbocycles. The summed E-state index contributed by atoms with van der Waals surface area (Å²) in [5.41, 5.74) is 4.97. The molecule has 0 atom stereocenters. The minimum Gasteiger partial charge on any atom is -0.422 e. The smallest absolute Gasteiger partial charge is 0.345 e. The van der Waals surface area contributed by atoms with Gasteiger partial charge in [-0.15, -0.1) is 0 Å². The maximum absolute atomic E-state index is 12.7. The van der Waals surface area contributed by atoms with Gasteiger partial charge in [0.25, 0.3) is 0 Å². The predicted octanol–water partition coefficient (Wildman–Crippen LogP) is 4.00. The maximum Gasteiger partial charge on any atom is 0.345 e. The summed E-state index contributed by atoms with van der Waals surface area (Å²) in [7, 11) is 0. The van der Waals surface area contributed by atoms with Gasteiger partial charge in [-0.1, -0.05) is 26.0 Å². The number of hydrogen-bond donors (Lipinski definition) is 0. The van der Waals surface area contributed by atoms with Gasteiger partial charge in [0.15, 0.2) is 5.65 Å². The van der Waals surface area contributed by atoms with Gasteiger partial charge in [0.05, 0.1) is 22.6 Å². The standard InChI is InChI=1S/C23H26N4O2/c1-5-26(6-2)10-9-17-7-8-18-12-19(23(28)29-21(18)11-17)20-14-27-13-15(3)24-16(4)22(27)25-20/h7-8,11-14H,5-6,9-10H2,1-4H3. The molecule has 29 heavy (non-hydrogen) atoms. The Morgan fingerprint density at radius 1 is 1.07 bits per heavy atom. The van der Waals surface area contributed by atoms with Crippen molar-refractivity contribution in [3.05, 3.63) is 64.0 Å². The molecular formula is C23H26N4O2. The van der Waals surface area contributed by atoms with Gasteiger partial charge in [0.2, 0.25) is 0 Å². The zero-order chi connectivity index (χ0) is 20.5. The third-order valence-electron chi connectivity index (χ3n) is 5.41. The van der Waals surface area contributed by atoms with Crippen molar-refractivity contribution in [2.45, 2.75) is 34.1 Å². The Labute approximate surface area is 169 Å². The first kappa shape index (κ1) is 19.3. The van der Waals surface area contributed by atoms with E-state index >= 15 is 0 Å². The first-order valence-corrected chi connectivity index (χ1v) is 10.1. The van der Waals surface area contributed by atoms with Crippen LogP contribution in [0.1, 0.15) is 30.8 Å². The van der Waals surface area contributed by atoms with E-state index in [1.54, 1.807) is 0 Å². The normalized spacial score (nSPS) is 11.8. The molecule has 0 spiro atoms. The lowest BCUT2D eigenvalue weighted by Gasteiger charge is -2.17. The summed E-state index contributed by atoms with van der Waals surface area (Å²) >= 11 is 0. The van der Waals surface area contributed by atoms with Gasteiger partial charge in [-0.25, -0.2) is 9.78 Å². The summed E-state index contributed by atoms with van der Waals surface area (Å²) in [4.78, 5) is 24.1. The summed E-state index contributed by atoms with van der Waals surface area (Å²) in [6.07, 6.45) is 4.69. The molecule has 0 bridgehead atoms. The van der Waals surface area contributed by atoms with Crippen LogP contribution in [0.3, 0.4) is 0 Å². The average molecular weight is 390 g/mol. The highest BCUT2D eigenvalue weighted by molar-refractivity contribution is 5.81. The molecule has 0 saturated heterocycles. The molecule has 0 radical (unpaired) electrons. The van der Waals surface area contributed by atoms with Crippen molar-refractivity contribution in [3.8, 4) is 11.3 Å². The zero-order valence-corrected chi connectivity index (χ0v) is 17.4. The lowest BCUT2D eigenvalue weighted by Crippen LogP contribution is -2.25. The highest BCUT2D eigenvalue weighted by atomic mass is 16.4. The molecule has 4 aromatic rings. The van der Waals surface area contributed by atoms with E-state index in [-0.39, 0.29) is 5.63 Å². The number of benzene rings is 1. The molecule has 3 aromatic heterocycles. The Bertz CT molecular complexity index is 1240. The highest BCUT2D eigenvalue weighted by Crippen LogP contribution is 2.23. The highest BCUT2D eigenvalue weighted by Gasteiger charge is 2.14. The SMILES string of the molecule is CCN(CC)CCc1ccc2cc(-c3cn4cc(C)nc(C)c4n3)c(=O)oc2c1. The van der Waals surface area contributed by atoms with Gasteiger partial charge in [0, 0.05) is 24.3 Å². The topological polar surface area (TPSA) is 63.6 Å². The van der Waals surface area contributed by atoms with Crippen LogP contribution in [0.2, 0.25) is 0 Å². The van der Waals surface area contributed by atoms with Crippen LogP contribution < -0.4 is 5.63 Å². The van der Waals surface area contributed by atoms with Crippen molar-refractivity contribution in [3.63, 3.8) is 0 Å². The van der Waals surface area contributed by atoms with E-state index in [9.17, 15) is 4.79 Å². The molecule has 4 rings (SSSR count). The molecule has 150 valence electrons. The second kappa shape index (κ2) is 7.79. The van der Waals surface area contributed by atoms with Gasteiger partial charge >= 0.3 is 5.63 Å². The molecule has 0 N–H and O–H groups in total. The molecule has 1 aromatic carbocycles. The van der Waals surface area contributed by atoms with Crippen molar-refractivity contribution in [1.82, 2.24) is 19.3 Å². The molecule has 0 aliphatic heterocycles. The summed E-state index contributed by atoms with van der Waals surface area (Å²) < 4.78 is 7.57. The van der Waals surface area contributed by atoms with E-state index < -0.39 is 0 Å². The Kier molecular flexibility index (Phi) is 5.20. The third kappa shape index (κ3) is 3.80. The van der Waals surface area contributed by atoms with Crippen LogP contribution in [-0.2, 0) is 6.42 Å². The van der Waals surface area contributed by atoms with Crippen molar-refractivity contribution >= 4 is 16.6 Å². The molecule has 0 aliphatic carbocycles. The number of aryl methyl sites for hydroxylation is 2. The van der Waals surface area contributed by atoms with E-state index in [0.717, 1.165) is 48.5 Å². The Balaban J connectivity index is 1.70. The van der Waals surface area contributed by atoms with Gasteiger partial charge in [-0.2, -0.15) is 0 Å². The minimum atomic E-state index is -0.371. The largest absolute Gasteiger partial charge is 0.422 e. The number of nitrogens with zero attached hydrogens (tertiary/aromatic N) is 4. The van der Waals surface area contributed by atoms with E-state index in [1.165, 1.54) is 5.56 Å². The minimum absolute atomic E-state index is 0.371. The van der Waals surface area contributed by atoms with Gasteiger partial charge in [-0.05, 0) is 51.1 Å². The zero-order valence-electron chi connectivity index (χ0n) is 17.4. The number of likely N-dealkylation sites (N-methyl/N-ethyl adjacent to an activating group) is 1. The van der Waals surface area contributed by atoms with Gasteiger partial charge < -0.3 is 13.7 Å².